The first-order valence-electron chi connectivity index (χ1n) is 13.7. The smallest absolute Gasteiger partial charge is 0.264 e. The van der Waals surface area contributed by atoms with Crippen molar-refractivity contribution in [1.29, 1.82) is 0 Å². The summed E-state index contributed by atoms with van der Waals surface area (Å²) in [5, 5.41) is 4.31. The Hall–Kier alpha value is -5.07. The number of nitrogens with one attached hydrogen (secondary N) is 2. The van der Waals surface area contributed by atoms with Crippen molar-refractivity contribution >= 4 is 53.8 Å². The van der Waals surface area contributed by atoms with Gasteiger partial charge in [-0.1, -0.05) is 54.1 Å². The molecule has 232 valence electrons. The van der Waals surface area contributed by atoms with Gasteiger partial charge in [-0.05, 0) is 66.9 Å². The molecule has 0 aliphatic carbocycles. The van der Waals surface area contributed by atoms with Crippen LogP contribution in [0.25, 0.3) is 10.8 Å². The maximum atomic E-state index is 13.8. The number of carbonyl (C=O) groups excluding carboxylic acids is 1. The van der Waals surface area contributed by atoms with Gasteiger partial charge in [0.05, 0.1) is 35.4 Å². The molecular formula is C33H31N3O7S2. The van der Waals surface area contributed by atoms with Crippen molar-refractivity contribution in [3.05, 3.63) is 115 Å². The molecule has 0 aliphatic rings. The first-order valence-corrected chi connectivity index (χ1v) is 16.7. The van der Waals surface area contributed by atoms with Crippen molar-refractivity contribution in [1.82, 2.24) is 0 Å². The van der Waals surface area contributed by atoms with E-state index in [1.54, 1.807) is 30.3 Å². The van der Waals surface area contributed by atoms with Crippen molar-refractivity contribution in [2.24, 2.45) is 0 Å². The number of methoxy groups -OCH3 is 2. The normalized spacial score (nSPS) is 11.5. The molecule has 0 aromatic heterocycles. The van der Waals surface area contributed by atoms with Gasteiger partial charge in [0.1, 0.15) is 18.0 Å². The summed E-state index contributed by atoms with van der Waals surface area (Å²) in [4.78, 5) is 13.3. The number of amides is 1. The number of ether oxygens (including phenoxy) is 2. The molecule has 10 nitrogen and oxygen atoms in total. The topological polar surface area (TPSA) is 131 Å². The van der Waals surface area contributed by atoms with Crippen molar-refractivity contribution in [2.75, 3.05) is 35.1 Å². The maximum Gasteiger partial charge on any atom is 0.264 e. The lowest BCUT2D eigenvalue weighted by Gasteiger charge is -2.26. The molecule has 0 spiro atoms. The zero-order valence-corrected chi connectivity index (χ0v) is 26.4. The summed E-state index contributed by atoms with van der Waals surface area (Å²) < 4.78 is 68.3. The van der Waals surface area contributed by atoms with E-state index in [0.717, 1.165) is 20.6 Å². The minimum Gasteiger partial charge on any atom is -0.497 e. The second-order valence-electron chi connectivity index (χ2n) is 10.1. The van der Waals surface area contributed by atoms with Crippen LogP contribution in [0, 0.1) is 6.92 Å². The van der Waals surface area contributed by atoms with Gasteiger partial charge in [-0.3, -0.25) is 13.8 Å². The molecule has 0 saturated heterocycles. The molecule has 0 fully saturated rings. The van der Waals surface area contributed by atoms with Crippen LogP contribution in [0.15, 0.2) is 119 Å². The van der Waals surface area contributed by atoms with E-state index >= 15 is 0 Å². The van der Waals surface area contributed by atoms with E-state index in [1.807, 2.05) is 37.3 Å². The van der Waals surface area contributed by atoms with Crippen LogP contribution in [0.1, 0.15) is 5.56 Å². The Kier molecular flexibility index (Phi) is 8.98. The highest BCUT2D eigenvalue weighted by Crippen LogP contribution is 2.35. The molecule has 5 aromatic rings. The lowest BCUT2D eigenvalue weighted by molar-refractivity contribution is -0.114. The number of aryl methyl sites for hydroxylation is 1. The third-order valence-electron chi connectivity index (χ3n) is 7.03. The molecule has 5 rings (SSSR count). The molecule has 45 heavy (non-hydrogen) atoms. The second-order valence-corrected chi connectivity index (χ2v) is 13.6. The van der Waals surface area contributed by atoms with Gasteiger partial charge < -0.3 is 14.8 Å². The van der Waals surface area contributed by atoms with Gasteiger partial charge >= 0.3 is 0 Å². The second kappa shape index (κ2) is 12.9. The summed E-state index contributed by atoms with van der Waals surface area (Å²) in [6.45, 7) is 1.24. The lowest BCUT2D eigenvalue weighted by Crippen LogP contribution is -2.38. The highest BCUT2D eigenvalue weighted by Gasteiger charge is 2.30. The molecule has 0 saturated carbocycles. The average molecular weight is 646 g/mol. The molecule has 0 atom stereocenters. The van der Waals surface area contributed by atoms with Gasteiger partial charge in [0.25, 0.3) is 20.0 Å². The number of hydrogen-bond acceptors (Lipinski definition) is 7. The van der Waals surface area contributed by atoms with Crippen LogP contribution in [0.5, 0.6) is 11.5 Å². The van der Waals surface area contributed by atoms with Crippen molar-refractivity contribution in [3.8, 4) is 11.5 Å². The van der Waals surface area contributed by atoms with Crippen LogP contribution in [0.3, 0.4) is 0 Å². The number of benzene rings is 5. The third-order valence-corrected chi connectivity index (χ3v) is 10.2. The quantitative estimate of drug-likeness (QED) is 0.186. The fourth-order valence-corrected chi connectivity index (χ4v) is 7.21. The van der Waals surface area contributed by atoms with Crippen LogP contribution in [-0.4, -0.2) is 43.5 Å². The predicted molar refractivity (Wildman–Crippen MR) is 175 cm³/mol. The van der Waals surface area contributed by atoms with Crippen LogP contribution in [0.2, 0.25) is 0 Å². The molecule has 12 heteroatoms. The Morgan fingerprint density at radius 2 is 1.42 bits per heavy atom. The van der Waals surface area contributed by atoms with Crippen LogP contribution in [-0.2, 0) is 24.8 Å². The van der Waals surface area contributed by atoms with E-state index in [-0.39, 0.29) is 26.9 Å². The molecule has 0 unspecified atom stereocenters. The summed E-state index contributed by atoms with van der Waals surface area (Å²) in [5.41, 5.74) is 1.72. The average Bonchev–Trinajstić information content (AvgIpc) is 3.04. The zero-order chi connectivity index (χ0) is 32.2. The number of fused-ring (bicyclic) bond motifs is 1. The Bertz CT molecular complexity index is 2060. The van der Waals surface area contributed by atoms with Crippen LogP contribution >= 0.6 is 0 Å². The molecule has 5 aromatic carbocycles. The number of anilines is 3. The molecule has 0 radical (unpaired) electrons. The molecule has 0 heterocycles. The van der Waals surface area contributed by atoms with E-state index in [9.17, 15) is 21.6 Å². The van der Waals surface area contributed by atoms with Crippen LogP contribution < -0.4 is 23.8 Å². The van der Waals surface area contributed by atoms with Gasteiger partial charge in [0.15, 0.2) is 0 Å². The lowest BCUT2D eigenvalue weighted by atomic mass is 10.1. The van der Waals surface area contributed by atoms with E-state index in [2.05, 4.69) is 10.0 Å². The zero-order valence-electron chi connectivity index (χ0n) is 24.7. The van der Waals surface area contributed by atoms with Crippen LogP contribution in [0.4, 0.5) is 17.1 Å². The number of carbonyl (C=O) groups is 1. The Morgan fingerprint density at radius 3 is 2.11 bits per heavy atom. The third kappa shape index (κ3) is 6.87. The van der Waals surface area contributed by atoms with Gasteiger partial charge in [-0.2, -0.15) is 0 Å². The number of hydrogen-bond donors (Lipinski definition) is 2. The molecule has 0 bridgehead atoms. The monoisotopic (exact) mass is 645 g/mol. The Balaban J connectivity index is 1.38. The van der Waals surface area contributed by atoms with E-state index in [4.69, 9.17) is 9.47 Å². The Morgan fingerprint density at radius 1 is 0.756 bits per heavy atom. The van der Waals surface area contributed by atoms with Crippen molar-refractivity contribution < 1.29 is 31.1 Å². The largest absolute Gasteiger partial charge is 0.497 e. The minimum absolute atomic E-state index is 0.00738. The van der Waals surface area contributed by atoms with Gasteiger partial charge in [0, 0.05) is 17.1 Å². The van der Waals surface area contributed by atoms with Gasteiger partial charge in [0.2, 0.25) is 5.91 Å². The summed E-state index contributed by atoms with van der Waals surface area (Å²) in [7, 11) is -5.30. The van der Waals surface area contributed by atoms with E-state index in [1.165, 1.54) is 62.8 Å². The van der Waals surface area contributed by atoms with E-state index in [0.29, 0.717) is 11.4 Å². The Labute approximate surface area is 262 Å². The highest BCUT2D eigenvalue weighted by molar-refractivity contribution is 7.93. The number of nitrogens with zero attached hydrogens (tertiary/aromatic N) is 1. The summed E-state index contributed by atoms with van der Waals surface area (Å²) in [5.74, 6) is -0.0307. The summed E-state index contributed by atoms with van der Waals surface area (Å²) in [6.07, 6.45) is 0. The molecule has 0 aliphatic heterocycles. The molecule has 1 amide bonds. The fraction of sp³-hybridized carbons (Fsp3) is 0.121. The summed E-state index contributed by atoms with van der Waals surface area (Å²) >= 11 is 0. The number of sulfonamides is 2. The molecule has 2 N–H and O–H groups in total. The minimum atomic E-state index is -4.22. The van der Waals surface area contributed by atoms with E-state index < -0.39 is 32.5 Å². The van der Waals surface area contributed by atoms with Crippen molar-refractivity contribution in [3.63, 3.8) is 0 Å². The summed E-state index contributed by atoms with van der Waals surface area (Å²) in [6, 6.07) is 29.2. The fourth-order valence-electron chi connectivity index (χ4n) is 4.69. The first-order chi connectivity index (χ1) is 21.5. The predicted octanol–water partition coefficient (Wildman–Crippen LogP) is 5.80. The standard InChI is InChI=1S/C33H31N3O7S2/c1-23-11-16-28(17-12-23)45(40,41)36(31-20-15-26(42-2)21-32(31)43-3)22-33(37)34-25-13-18-27(19-14-25)44(38,39)35-30-10-6-8-24-7-4-5-9-29(24)30/h4-21,35H,22H2,1-3H3,(H,34,37). The van der Waals surface area contributed by atoms with Crippen molar-refractivity contribution in [2.45, 2.75) is 16.7 Å². The van der Waals surface area contributed by atoms with Gasteiger partial charge in [-0.15, -0.1) is 0 Å². The molecular weight excluding hydrogens is 615 g/mol. The first kappa shape index (κ1) is 31.4. The highest BCUT2D eigenvalue weighted by atomic mass is 32.2. The SMILES string of the molecule is COc1ccc(N(CC(=O)Nc2ccc(S(=O)(=O)Nc3cccc4ccccc34)cc2)S(=O)(=O)c2ccc(C)cc2)c(OC)c1. The van der Waals surface area contributed by atoms with Gasteiger partial charge in [-0.25, -0.2) is 16.8 Å². The number of rotatable bonds is 11. The maximum absolute atomic E-state index is 13.8.